The number of hydrogen-bond acceptors (Lipinski definition) is 7. The van der Waals surface area contributed by atoms with Crippen molar-refractivity contribution in [1.82, 2.24) is 30.0 Å². The summed E-state index contributed by atoms with van der Waals surface area (Å²) in [6.45, 7) is 2.89. The van der Waals surface area contributed by atoms with Crippen molar-refractivity contribution in [1.29, 1.82) is 0 Å². The minimum atomic E-state index is -0.805. The van der Waals surface area contributed by atoms with E-state index in [-0.39, 0.29) is 25.5 Å². The molecule has 0 saturated heterocycles. The Kier molecular flexibility index (Phi) is 7.12. The van der Waals surface area contributed by atoms with Crippen LogP contribution in [0.1, 0.15) is 33.5 Å². The maximum atomic E-state index is 12.9. The molecule has 3 amide bonds. The number of aromatic hydroxyl groups is 1. The standard InChI is InChI=1S/C22H28N6O5/c1-13-6-5-7-14(10-13)11-24-19(30)16-17(29)20(31)28-9-8-23-12-15(18(28)25-16)27(4)22(33)21(32)26(2)3/h5-7,10,15,23,29H,8-9,11-12H2,1-4H3,(H,24,30). The molecule has 0 bridgehead atoms. The van der Waals surface area contributed by atoms with E-state index in [1.807, 2.05) is 31.2 Å². The molecule has 0 radical (unpaired) electrons. The number of carbonyl (C=O) groups is 3. The molecule has 0 aliphatic carbocycles. The predicted molar refractivity (Wildman–Crippen MR) is 120 cm³/mol. The summed E-state index contributed by atoms with van der Waals surface area (Å²) in [5.74, 6) is -2.88. The van der Waals surface area contributed by atoms with Crippen molar-refractivity contribution in [2.75, 3.05) is 34.2 Å². The van der Waals surface area contributed by atoms with Crippen molar-refractivity contribution in [2.45, 2.75) is 26.1 Å². The van der Waals surface area contributed by atoms with Gasteiger partial charge >= 0.3 is 11.8 Å². The first-order valence-corrected chi connectivity index (χ1v) is 10.5. The number of carbonyl (C=O) groups excluding carboxylic acids is 3. The van der Waals surface area contributed by atoms with Gasteiger partial charge in [-0.15, -0.1) is 0 Å². The zero-order valence-electron chi connectivity index (χ0n) is 19.1. The van der Waals surface area contributed by atoms with Crippen LogP contribution >= 0.6 is 0 Å². The average molecular weight is 457 g/mol. The van der Waals surface area contributed by atoms with Crippen LogP contribution < -0.4 is 16.2 Å². The number of benzene rings is 1. The molecule has 3 N–H and O–H groups in total. The van der Waals surface area contributed by atoms with Gasteiger partial charge in [0.1, 0.15) is 11.9 Å². The number of amides is 3. The van der Waals surface area contributed by atoms with E-state index in [1.165, 1.54) is 30.6 Å². The molecule has 0 fully saturated rings. The number of rotatable bonds is 4. The van der Waals surface area contributed by atoms with Crippen LogP contribution in [-0.4, -0.2) is 76.4 Å². The molecule has 1 aliphatic heterocycles. The minimum Gasteiger partial charge on any atom is -0.501 e. The third kappa shape index (κ3) is 5.03. The van der Waals surface area contributed by atoms with Gasteiger partial charge in [0.25, 0.3) is 11.5 Å². The lowest BCUT2D eigenvalue weighted by atomic mass is 10.1. The largest absolute Gasteiger partial charge is 0.501 e. The molecule has 3 rings (SSSR count). The number of fused-ring (bicyclic) bond motifs is 1. The lowest BCUT2D eigenvalue weighted by molar-refractivity contribution is -0.150. The summed E-state index contributed by atoms with van der Waals surface area (Å²) in [5.41, 5.74) is 0.671. The lowest BCUT2D eigenvalue weighted by Gasteiger charge is -2.28. The van der Waals surface area contributed by atoms with Crippen LogP contribution in [0.25, 0.3) is 0 Å². The Balaban J connectivity index is 1.96. The molecule has 2 aromatic rings. The van der Waals surface area contributed by atoms with Crippen molar-refractivity contribution in [3.63, 3.8) is 0 Å². The molecule has 176 valence electrons. The van der Waals surface area contributed by atoms with Crippen LogP contribution in [0.2, 0.25) is 0 Å². The molecule has 2 heterocycles. The Morgan fingerprint density at radius 3 is 2.64 bits per heavy atom. The zero-order chi connectivity index (χ0) is 24.3. The van der Waals surface area contributed by atoms with Crippen LogP contribution in [0.15, 0.2) is 29.1 Å². The monoisotopic (exact) mass is 456 g/mol. The van der Waals surface area contributed by atoms with Gasteiger partial charge in [-0.3, -0.25) is 23.7 Å². The quantitative estimate of drug-likeness (QED) is 0.522. The van der Waals surface area contributed by atoms with Crippen LogP contribution in [-0.2, 0) is 22.7 Å². The van der Waals surface area contributed by atoms with E-state index in [0.29, 0.717) is 6.54 Å². The maximum Gasteiger partial charge on any atom is 0.312 e. The van der Waals surface area contributed by atoms with Crippen LogP contribution in [0.3, 0.4) is 0 Å². The summed E-state index contributed by atoms with van der Waals surface area (Å²) >= 11 is 0. The van der Waals surface area contributed by atoms with Crippen molar-refractivity contribution in [3.05, 3.63) is 57.3 Å². The van der Waals surface area contributed by atoms with Gasteiger partial charge in [0.05, 0.1) is 0 Å². The van der Waals surface area contributed by atoms with Crippen molar-refractivity contribution < 1.29 is 19.5 Å². The highest BCUT2D eigenvalue weighted by atomic mass is 16.3. The molecule has 1 aliphatic rings. The molecular formula is C22H28N6O5. The molecule has 1 atom stereocenters. The summed E-state index contributed by atoms with van der Waals surface area (Å²) < 4.78 is 1.22. The van der Waals surface area contributed by atoms with Crippen LogP contribution in [0.5, 0.6) is 5.75 Å². The Labute approximate surface area is 191 Å². The minimum absolute atomic E-state index is 0.117. The van der Waals surface area contributed by atoms with E-state index < -0.39 is 40.8 Å². The van der Waals surface area contributed by atoms with Crippen molar-refractivity contribution in [2.24, 2.45) is 0 Å². The van der Waals surface area contributed by atoms with Gasteiger partial charge in [0, 0.05) is 47.3 Å². The highest BCUT2D eigenvalue weighted by Gasteiger charge is 2.33. The second-order valence-corrected chi connectivity index (χ2v) is 8.13. The average Bonchev–Trinajstić information content (AvgIpc) is 3.00. The molecule has 33 heavy (non-hydrogen) atoms. The summed E-state index contributed by atoms with van der Waals surface area (Å²) in [5, 5.41) is 16.2. The maximum absolute atomic E-state index is 12.9. The summed E-state index contributed by atoms with van der Waals surface area (Å²) in [4.78, 5) is 57.1. The normalized spacial score (nSPS) is 15.2. The van der Waals surface area contributed by atoms with Crippen molar-refractivity contribution in [3.8, 4) is 5.75 Å². The van der Waals surface area contributed by atoms with Crippen molar-refractivity contribution >= 4 is 17.7 Å². The van der Waals surface area contributed by atoms with E-state index >= 15 is 0 Å². The summed E-state index contributed by atoms with van der Waals surface area (Å²) in [6.07, 6.45) is 0. The fourth-order valence-electron chi connectivity index (χ4n) is 3.59. The van der Waals surface area contributed by atoms with E-state index in [9.17, 15) is 24.3 Å². The predicted octanol–water partition coefficient (Wildman–Crippen LogP) is -0.622. The molecule has 1 unspecified atom stereocenters. The molecular weight excluding hydrogens is 428 g/mol. The number of nitrogens with zero attached hydrogens (tertiary/aromatic N) is 4. The number of likely N-dealkylation sites (N-methyl/N-ethyl adjacent to an activating group) is 2. The smallest absolute Gasteiger partial charge is 0.312 e. The highest BCUT2D eigenvalue weighted by molar-refractivity contribution is 6.34. The SMILES string of the molecule is Cc1cccc(CNC(=O)c2nc3n(c(=O)c2O)CCNCC3N(C)C(=O)C(=O)N(C)C)c1. The number of aryl methyl sites for hydroxylation is 1. The summed E-state index contributed by atoms with van der Waals surface area (Å²) in [6, 6.07) is 6.74. The summed E-state index contributed by atoms with van der Waals surface area (Å²) in [7, 11) is 4.36. The number of nitrogens with one attached hydrogen (secondary N) is 2. The van der Waals surface area contributed by atoms with E-state index in [0.717, 1.165) is 16.0 Å². The van der Waals surface area contributed by atoms with E-state index in [2.05, 4.69) is 15.6 Å². The lowest BCUT2D eigenvalue weighted by Crippen LogP contribution is -2.45. The van der Waals surface area contributed by atoms with E-state index in [4.69, 9.17) is 0 Å². The second-order valence-electron chi connectivity index (χ2n) is 8.13. The van der Waals surface area contributed by atoms with Gasteiger partial charge < -0.3 is 25.5 Å². The Morgan fingerprint density at radius 1 is 1.24 bits per heavy atom. The zero-order valence-corrected chi connectivity index (χ0v) is 19.1. The van der Waals surface area contributed by atoms with Gasteiger partial charge in [-0.1, -0.05) is 29.8 Å². The van der Waals surface area contributed by atoms with Crippen LogP contribution in [0, 0.1) is 6.92 Å². The number of hydrogen-bond donors (Lipinski definition) is 3. The Morgan fingerprint density at radius 2 is 1.97 bits per heavy atom. The molecule has 11 nitrogen and oxygen atoms in total. The molecule has 1 aromatic heterocycles. The molecule has 11 heteroatoms. The van der Waals surface area contributed by atoms with Gasteiger partial charge in [-0.2, -0.15) is 0 Å². The first-order chi connectivity index (χ1) is 15.6. The Bertz CT molecular complexity index is 1140. The third-order valence-electron chi connectivity index (χ3n) is 5.45. The van der Waals surface area contributed by atoms with Gasteiger partial charge in [-0.25, -0.2) is 4.98 Å². The molecule has 0 spiro atoms. The number of aromatic nitrogens is 2. The Hall–Kier alpha value is -3.73. The third-order valence-corrected chi connectivity index (χ3v) is 5.45. The fraction of sp³-hybridized carbons (Fsp3) is 0.409. The fourth-order valence-corrected chi connectivity index (χ4v) is 3.59. The highest BCUT2D eigenvalue weighted by Crippen LogP contribution is 2.21. The second kappa shape index (κ2) is 9.82. The molecule has 0 saturated carbocycles. The first-order valence-electron chi connectivity index (χ1n) is 10.5. The van der Waals surface area contributed by atoms with Gasteiger partial charge in [-0.05, 0) is 12.5 Å². The van der Waals surface area contributed by atoms with Gasteiger partial charge in [0.2, 0.25) is 5.75 Å². The van der Waals surface area contributed by atoms with Gasteiger partial charge in [0.15, 0.2) is 5.69 Å². The van der Waals surface area contributed by atoms with E-state index in [1.54, 1.807) is 0 Å². The van der Waals surface area contributed by atoms with Crippen LogP contribution in [0.4, 0.5) is 0 Å². The molecule has 1 aromatic carbocycles. The topological polar surface area (TPSA) is 137 Å². The first kappa shape index (κ1) is 23.9.